The van der Waals surface area contributed by atoms with Crippen LogP contribution in [-0.2, 0) is 0 Å². The van der Waals surface area contributed by atoms with E-state index in [0.29, 0.717) is 29.3 Å². The van der Waals surface area contributed by atoms with Gasteiger partial charge in [0.15, 0.2) is 17.2 Å². The fraction of sp³-hybridized carbons (Fsp3) is 0.190. The molecule has 1 N–H and O–H groups in total. The van der Waals surface area contributed by atoms with Crippen molar-refractivity contribution in [2.24, 2.45) is 0 Å². The number of anilines is 1. The van der Waals surface area contributed by atoms with Crippen LogP contribution in [0.4, 0.5) is 10.1 Å². The van der Waals surface area contributed by atoms with E-state index >= 15 is 0 Å². The number of nitrogens with one attached hydrogen (secondary N) is 1. The van der Waals surface area contributed by atoms with Crippen LogP contribution in [0.2, 0.25) is 0 Å². The van der Waals surface area contributed by atoms with Crippen LogP contribution >= 0.6 is 0 Å². The SMILES string of the molecule is CCCOc1cn(-c2ccc(F)cc2)nc1C(=O)Nc1cccc(C(C)=O)c1. The molecule has 3 aromatic rings. The smallest absolute Gasteiger partial charge is 0.280 e. The summed E-state index contributed by atoms with van der Waals surface area (Å²) in [6.45, 7) is 3.84. The van der Waals surface area contributed by atoms with E-state index in [1.807, 2.05) is 6.92 Å². The Balaban J connectivity index is 1.90. The number of amides is 1. The molecule has 0 aliphatic carbocycles. The van der Waals surface area contributed by atoms with Crippen molar-refractivity contribution in [3.8, 4) is 11.4 Å². The molecule has 0 radical (unpaired) electrons. The number of rotatable bonds is 7. The molecule has 1 aromatic heterocycles. The summed E-state index contributed by atoms with van der Waals surface area (Å²) in [5.41, 5.74) is 1.68. The van der Waals surface area contributed by atoms with E-state index in [-0.39, 0.29) is 17.3 Å². The van der Waals surface area contributed by atoms with Gasteiger partial charge in [-0.2, -0.15) is 5.10 Å². The summed E-state index contributed by atoms with van der Waals surface area (Å²) in [5, 5.41) is 7.04. The molecule has 0 saturated carbocycles. The average molecular weight is 381 g/mol. The highest BCUT2D eigenvalue weighted by atomic mass is 19.1. The average Bonchev–Trinajstić information content (AvgIpc) is 3.11. The maximum atomic E-state index is 13.2. The lowest BCUT2D eigenvalue weighted by Gasteiger charge is -2.07. The van der Waals surface area contributed by atoms with Crippen molar-refractivity contribution in [1.29, 1.82) is 0 Å². The number of carbonyl (C=O) groups is 2. The van der Waals surface area contributed by atoms with E-state index in [9.17, 15) is 14.0 Å². The predicted octanol–water partition coefficient (Wildman–Crippen LogP) is 4.26. The molecular formula is C21H20FN3O3. The van der Waals surface area contributed by atoms with Crippen LogP contribution in [0.1, 0.15) is 41.1 Å². The van der Waals surface area contributed by atoms with Gasteiger partial charge in [0.05, 0.1) is 18.5 Å². The van der Waals surface area contributed by atoms with Gasteiger partial charge in [-0.05, 0) is 49.7 Å². The molecule has 7 heteroatoms. The van der Waals surface area contributed by atoms with Crippen molar-refractivity contribution in [2.75, 3.05) is 11.9 Å². The van der Waals surface area contributed by atoms with Crippen molar-refractivity contribution in [3.63, 3.8) is 0 Å². The number of aromatic nitrogens is 2. The van der Waals surface area contributed by atoms with Gasteiger partial charge >= 0.3 is 0 Å². The van der Waals surface area contributed by atoms with Crippen LogP contribution < -0.4 is 10.1 Å². The first-order chi connectivity index (χ1) is 13.5. The monoisotopic (exact) mass is 381 g/mol. The first kappa shape index (κ1) is 19.3. The Kier molecular flexibility index (Phi) is 5.84. The van der Waals surface area contributed by atoms with Gasteiger partial charge in [-0.15, -0.1) is 0 Å². The van der Waals surface area contributed by atoms with E-state index in [1.165, 1.54) is 23.7 Å². The second-order valence-electron chi connectivity index (χ2n) is 6.20. The van der Waals surface area contributed by atoms with Crippen LogP contribution in [0, 0.1) is 5.82 Å². The molecule has 1 heterocycles. The van der Waals surface area contributed by atoms with Crippen LogP contribution in [0.25, 0.3) is 5.69 Å². The second kappa shape index (κ2) is 8.47. The third-order valence-electron chi connectivity index (χ3n) is 3.98. The number of ether oxygens (including phenoxy) is 1. The highest BCUT2D eigenvalue weighted by molar-refractivity contribution is 6.05. The minimum atomic E-state index is -0.465. The third-order valence-corrected chi connectivity index (χ3v) is 3.98. The highest BCUT2D eigenvalue weighted by Crippen LogP contribution is 2.22. The zero-order valence-electron chi connectivity index (χ0n) is 15.6. The molecule has 6 nitrogen and oxygen atoms in total. The molecule has 0 saturated heterocycles. The molecule has 1 amide bonds. The Morgan fingerprint density at radius 3 is 2.61 bits per heavy atom. The summed E-state index contributed by atoms with van der Waals surface area (Å²) < 4.78 is 20.3. The van der Waals surface area contributed by atoms with Gasteiger partial charge in [-0.3, -0.25) is 9.59 Å². The van der Waals surface area contributed by atoms with Crippen molar-refractivity contribution in [1.82, 2.24) is 9.78 Å². The summed E-state index contributed by atoms with van der Waals surface area (Å²) >= 11 is 0. The Morgan fingerprint density at radius 2 is 1.93 bits per heavy atom. The molecular weight excluding hydrogens is 361 g/mol. The van der Waals surface area contributed by atoms with Gasteiger partial charge in [0, 0.05) is 11.3 Å². The Labute approximate surface area is 161 Å². The largest absolute Gasteiger partial charge is 0.489 e. The molecule has 28 heavy (non-hydrogen) atoms. The van der Waals surface area contributed by atoms with Gasteiger partial charge in [0.1, 0.15) is 5.82 Å². The van der Waals surface area contributed by atoms with E-state index in [4.69, 9.17) is 4.74 Å². The fourth-order valence-corrected chi connectivity index (χ4v) is 2.57. The van der Waals surface area contributed by atoms with Gasteiger partial charge in [-0.1, -0.05) is 19.1 Å². The number of halogens is 1. The second-order valence-corrected chi connectivity index (χ2v) is 6.20. The third kappa shape index (κ3) is 4.43. The van der Waals surface area contributed by atoms with Crippen LogP contribution in [-0.4, -0.2) is 28.1 Å². The molecule has 0 atom stereocenters. The molecule has 144 valence electrons. The first-order valence-electron chi connectivity index (χ1n) is 8.88. The summed E-state index contributed by atoms with van der Waals surface area (Å²) in [4.78, 5) is 24.3. The molecule has 0 fully saturated rings. The van der Waals surface area contributed by atoms with Crippen LogP contribution in [0.15, 0.2) is 54.7 Å². The van der Waals surface area contributed by atoms with E-state index in [0.717, 1.165) is 6.42 Å². The number of hydrogen-bond acceptors (Lipinski definition) is 4. The maximum Gasteiger partial charge on any atom is 0.280 e. The standard InChI is InChI=1S/C21H20FN3O3/c1-3-11-28-19-13-25(18-9-7-16(22)8-10-18)24-20(19)21(27)23-17-6-4-5-15(12-17)14(2)26/h4-10,12-13H,3,11H2,1-2H3,(H,23,27). The molecule has 0 bridgehead atoms. The lowest BCUT2D eigenvalue weighted by Crippen LogP contribution is -2.15. The minimum absolute atomic E-state index is 0.0938. The van der Waals surface area contributed by atoms with Crippen molar-refractivity contribution < 1.29 is 18.7 Å². The number of nitrogens with zero attached hydrogens (tertiary/aromatic N) is 2. The first-order valence-corrected chi connectivity index (χ1v) is 8.88. The molecule has 2 aromatic carbocycles. The zero-order chi connectivity index (χ0) is 20.1. The fourth-order valence-electron chi connectivity index (χ4n) is 2.57. The number of ketones is 1. The number of carbonyl (C=O) groups excluding carboxylic acids is 2. The van der Waals surface area contributed by atoms with E-state index in [2.05, 4.69) is 10.4 Å². The summed E-state index contributed by atoms with van der Waals surface area (Å²) in [7, 11) is 0. The van der Waals surface area contributed by atoms with Crippen molar-refractivity contribution in [3.05, 3.63) is 71.8 Å². The Morgan fingerprint density at radius 1 is 1.18 bits per heavy atom. The normalized spacial score (nSPS) is 10.5. The Hall–Kier alpha value is -3.48. The zero-order valence-corrected chi connectivity index (χ0v) is 15.6. The van der Waals surface area contributed by atoms with Crippen LogP contribution in [0.3, 0.4) is 0 Å². The summed E-state index contributed by atoms with van der Waals surface area (Å²) in [5.74, 6) is -0.593. The maximum absolute atomic E-state index is 13.2. The molecule has 0 aliphatic rings. The quantitative estimate of drug-likeness (QED) is 0.621. The lowest BCUT2D eigenvalue weighted by molar-refractivity contribution is 0.100. The molecule has 0 spiro atoms. The van der Waals surface area contributed by atoms with Gasteiger partial charge in [0.25, 0.3) is 5.91 Å². The lowest BCUT2D eigenvalue weighted by atomic mass is 10.1. The topological polar surface area (TPSA) is 73.2 Å². The predicted molar refractivity (Wildman–Crippen MR) is 104 cm³/mol. The molecule has 0 unspecified atom stereocenters. The van der Waals surface area contributed by atoms with E-state index in [1.54, 1.807) is 42.6 Å². The van der Waals surface area contributed by atoms with E-state index < -0.39 is 5.91 Å². The van der Waals surface area contributed by atoms with Gasteiger partial charge in [0.2, 0.25) is 0 Å². The highest BCUT2D eigenvalue weighted by Gasteiger charge is 2.19. The number of hydrogen-bond donors (Lipinski definition) is 1. The number of Topliss-reactive ketones (excluding diaryl/α,β-unsaturated/α-hetero) is 1. The number of benzene rings is 2. The van der Waals surface area contributed by atoms with Crippen molar-refractivity contribution >= 4 is 17.4 Å². The van der Waals surface area contributed by atoms with Gasteiger partial charge < -0.3 is 10.1 Å². The summed E-state index contributed by atoms with van der Waals surface area (Å²) in [6, 6.07) is 12.4. The van der Waals surface area contributed by atoms with Crippen molar-refractivity contribution in [2.45, 2.75) is 20.3 Å². The van der Waals surface area contributed by atoms with Crippen LogP contribution in [0.5, 0.6) is 5.75 Å². The Bertz CT molecular complexity index is 996. The molecule has 3 rings (SSSR count). The summed E-state index contributed by atoms with van der Waals surface area (Å²) in [6.07, 6.45) is 2.35. The van der Waals surface area contributed by atoms with Gasteiger partial charge in [-0.25, -0.2) is 9.07 Å². The minimum Gasteiger partial charge on any atom is -0.489 e. The molecule has 0 aliphatic heterocycles.